The number of carbonyl (C=O) groups excluding carboxylic acids is 2. The molecule has 0 aliphatic carbocycles. The lowest BCUT2D eigenvalue weighted by atomic mass is 10.2. The molecule has 1 aromatic carbocycles. The SMILES string of the molecule is Cc1cccc(OC(=O)N=NC(=O)OC(C)(C)C)c1. The number of benzene rings is 1. The average molecular weight is 264 g/mol. The molecule has 0 atom stereocenters. The van der Waals surface area contributed by atoms with Crippen LogP contribution in [0, 0.1) is 6.92 Å². The number of azo groups is 1. The van der Waals surface area contributed by atoms with Gasteiger partial charge in [-0.1, -0.05) is 22.4 Å². The average Bonchev–Trinajstić information content (AvgIpc) is 2.24. The fourth-order valence-corrected chi connectivity index (χ4v) is 1.16. The van der Waals surface area contributed by atoms with Gasteiger partial charge >= 0.3 is 12.2 Å². The second-order valence-electron chi connectivity index (χ2n) is 4.86. The summed E-state index contributed by atoms with van der Waals surface area (Å²) < 4.78 is 9.72. The van der Waals surface area contributed by atoms with Gasteiger partial charge in [0.05, 0.1) is 0 Å². The first-order chi connectivity index (χ1) is 8.76. The zero-order valence-corrected chi connectivity index (χ0v) is 11.3. The Morgan fingerprint density at radius 2 is 1.74 bits per heavy atom. The molecule has 0 fully saturated rings. The van der Waals surface area contributed by atoms with E-state index in [1.54, 1.807) is 39.0 Å². The number of nitrogens with zero attached hydrogens (tertiary/aromatic N) is 2. The first-order valence-electron chi connectivity index (χ1n) is 5.69. The Balaban J connectivity index is 2.54. The third-order valence-corrected chi connectivity index (χ3v) is 1.80. The van der Waals surface area contributed by atoms with Crippen molar-refractivity contribution in [1.82, 2.24) is 0 Å². The number of carbonyl (C=O) groups is 2. The highest BCUT2D eigenvalue weighted by Gasteiger charge is 2.16. The zero-order valence-electron chi connectivity index (χ0n) is 11.3. The summed E-state index contributed by atoms with van der Waals surface area (Å²) in [5.74, 6) is 0.341. The summed E-state index contributed by atoms with van der Waals surface area (Å²) in [5.41, 5.74) is 0.255. The van der Waals surface area contributed by atoms with Crippen molar-refractivity contribution < 1.29 is 19.1 Å². The van der Waals surface area contributed by atoms with Gasteiger partial charge in [-0.15, -0.1) is 0 Å². The summed E-state index contributed by atoms with van der Waals surface area (Å²) in [4.78, 5) is 22.5. The van der Waals surface area contributed by atoms with Crippen LogP contribution >= 0.6 is 0 Å². The normalized spacial score (nSPS) is 11.4. The first-order valence-corrected chi connectivity index (χ1v) is 5.69. The van der Waals surface area contributed by atoms with Crippen LogP contribution < -0.4 is 4.74 Å². The van der Waals surface area contributed by atoms with Gasteiger partial charge in [-0.05, 0) is 45.4 Å². The molecule has 0 unspecified atom stereocenters. The molecule has 19 heavy (non-hydrogen) atoms. The molecule has 0 heterocycles. The molecular formula is C13H16N2O4. The molecule has 1 aromatic rings. The smallest absolute Gasteiger partial charge is 0.441 e. The van der Waals surface area contributed by atoms with Crippen LogP contribution in [0.4, 0.5) is 9.59 Å². The van der Waals surface area contributed by atoms with Crippen molar-refractivity contribution in [1.29, 1.82) is 0 Å². The van der Waals surface area contributed by atoms with Crippen LogP contribution in [0.15, 0.2) is 34.5 Å². The molecule has 0 bridgehead atoms. The topological polar surface area (TPSA) is 77.3 Å². The summed E-state index contributed by atoms with van der Waals surface area (Å²) >= 11 is 0. The van der Waals surface area contributed by atoms with E-state index < -0.39 is 17.8 Å². The Bertz CT molecular complexity index is 504. The van der Waals surface area contributed by atoms with E-state index in [2.05, 4.69) is 10.2 Å². The van der Waals surface area contributed by atoms with Crippen LogP contribution in [0.1, 0.15) is 26.3 Å². The van der Waals surface area contributed by atoms with E-state index in [9.17, 15) is 9.59 Å². The van der Waals surface area contributed by atoms with Crippen molar-refractivity contribution in [2.45, 2.75) is 33.3 Å². The largest absolute Gasteiger partial charge is 0.458 e. The van der Waals surface area contributed by atoms with Crippen LogP contribution in [0.2, 0.25) is 0 Å². The van der Waals surface area contributed by atoms with Gasteiger partial charge in [0.15, 0.2) is 0 Å². The maximum Gasteiger partial charge on any atom is 0.458 e. The number of hydrogen-bond acceptors (Lipinski definition) is 4. The molecule has 0 spiro atoms. The molecule has 0 radical (unpaired) electrons. The monoisotopic (exact) mass is 264 g/mol. The fraction of sp³-hybridized carbons (Fsp3) is 0.385. The maximum atomic E-state index is 11.3. The quantitative estimate of drug-likeness (QED) is 0.721. The van der Waals surface area contributed by atoms with Crippen molar-refractivity contribution in [3.8, 4) is 5.75 Å². The molecule has 0 aromatic heterocycles. The summed E-state index contributed by atoms with van der Waals surface area (Å²) in [7, 11) is 0. The molecule has 0 aliphatic rings. The van der Waals surface area contributed by atoms with E-state index >= 15 is 0 Å². The Kier molecular flexibility index (Phi) is 4.74. The van der Waals surface area contributed by atoms with Gasteiger partial charge in [-0.2, -0.15) is 0 Å². The van der Waals surface area contributed by atoms with Gasteiger partial charge in [0.25, 0.3) is 0 Å². The van der Waals surface area contributed by atoms with E-state index in [0.29, 0.717) is 5.75 Å². The Labute approximate surface area is 111 Å². The summed E-state index contributed by atoms with van der Waals surface area (Å²) in [5, 5.41) is 6.24. The predicted molar refractivity (Wildman–Crippen MR) is 68.3 cm³/mol. The molecule has 0 saturated heterocycles. The summed E-state index contributed by atoms with van der Waals surface area (Å²) in [6, 6.07) is 6.87. The molecule has 0 N–H and O–H groups in total. The summed E-state index contributed by atoms with van der Waals surface area (Å²) in [6.07, 6.45) is -1.91. The van der Waals surface area contributed by atoms with Crippen LogP contribution in [0.5, 0.6) is 5.75 Å². The molecule has 0 aliphatic heterocycles. The fourth-order valence-electron chi connectivity index (χ4n) is 1.16. The summed E-state index contributed by atoms with van der Waals surface area (Å²) in [6.45, 7) is 6.92. The van der Waals surface area contributed by atoms with Crippen molar-refractivity contribution in [3.63, 3.8) is 0 Å². The molecule has 1 rings (SSSR count). The standard InChI is InChI=1S/C13H16N2O4/c1-9-6-5-7-10(8-9)18-11(16)14-15-12(17)19-13(2,3)4/h5-8H,1-4H3. The van der Waals surface area contributed by atoms with Crippen LogP contribution in [-0.4, -0.2) is 17.8 Å². The third-order valence-electron chi connectivity index (χ3n) is 1.80. The van der Waals surface area contributed by atoms with Crippen molar-refractivity contribution in [3.05, 3.63) is 29.8 Å². The van der Waals surface area contributed by atoms with Gasteiger partial charge in [-0.3, -0.25) is 0 Å². The highest BCUT2D eigenvalue weighted by molar-refractivity contribution is 5.74. The number of ether oxygens (including phenoxy) is 2. The van der Waals surface area contributed by atoms with E-state index in [1.165, 1.54) is 0 Å². The number of rotatable bonds is 1. The van der Waals surface area contributed by atoms with Crippen molar-refractivity contribution in [2.24, 2.45) is 10.2 Å². The van der Waals surface area contributed by atoms with E-state index in [-0.39, 0.29) is 0 Å². The predicted octanol–water partition coefficient (Wildman–Crippen LogP) is 3.88. The molecule has 2 amide bonds. The van der Waals surface area contributed by atoms with Gasteiger partial charge in [0.1, 0.15) is 11.4 Å². The Morgan fingerprint density at radius 3 is 2.32 bits per heavy atom. The van der Waals surface area contributed by atoms with Crippen LogP contribution in [-0.2, 0) is 4.74 Å². The van der Waals surface area contributed by atoms with Crippen LogP contribution in [0.25, 0.3) is 0 Å². The minimum absolute atomic E-state index is 0.341. The van der Waals surface area contributed by atoms with Crippen molar-refractivity contribution >= 4 is 12.2 Å². The second kappa shape index (κ2) is 6.08. The maximum absolute atomic E-state index is 11.3. The lowest BCUT2D eigenvalue weighted by Crippen LogP contribution is -2.21. The van der Waals surface area contributed by atoms with Gasteiger partial charge in [0, 0.05) is 0 Å². The Morgan fingerprint density at radius 1 is 1.11 bits per heavy atom. The van der Waals surface area contributed by atoms with Gasteiger partial charge in [0.2, 0.25) is 0 Å². The first kappa shape index (κ1) is 14.8. The lowest BCUT2D eigenvalue weighted by Gasteiger charge is -2.16. The van der Waals surface area contributed by atoms with E-state index in [1.807, 2.05) is 13.0 Å². The molecule has 6 nitrogen and oxygen atoms in total. The Hall–Kier alpha value is -2.24. The third kappa shape index (κ3) is 6.30. The lowest BCUT2D eigenvalue weighted by molar-refractivity contribution is 0.0589. The van der Waals surface area contributed by atoms with E-state index in [0.717, 1.165) is 5.56 Å². The van der Waals surface area contributed by atoms with Crippen molar-refractivity contribution in [2.75, 3.05) is 0 Å². The van der Waals surface area contributed by atoms with Gasteiger partial charge < -0.3 is 9.47 Å². The molecular weight excluding hydrogens is 248 g/mol. The molecule has 6 heteroatoms. The second-order valence-corrected chi connectivity index (χ2v) is 4.86. The molecule has 102 valence electrons. The molecule has 0 saturated carbocycles. The number of amides is 2. The van der Waals surface area contributed by atoms with Gasteiger partial charge in [-0.25, -0.2) is 9.59 Å². The number of hydrogen-bond donors (Lipinski definition) is 0. The number of aryl methyl sites for hydroxylation is 1. The minimum atomic E-state index is -0.976. The van der Waals surface area contributed by atoms with Crippen LogP contribution in [0.3, 0.4) is 0 Å². The highest BCUT2D eigenvalue weighted by Crippen LogP contribution is 2.13. The minimum Gasteiger partial charge on any atom is -0.441 e. The van der Waals surface area contributed by atoms with E-state index in [4.69, 9.17) is 9.47 Å². The highest BCUT2D eigenvalue weighted by atomic mass is 16.6. The zero-order chi connectivity index (χ0) is 14.5.